The molecule has 0 spiro atoms. The largest absolute Gasteiger partial charge is 0.345 e. The second-order valence-electron chi connectivity index (χ2n) is 4.61. The number of benzene rings is 1. The lowest BCUT2D eigenvalue weighted by Crippen LogP contribution is -2.42. The topological polar surface area (TPSA) is 75.5 Å². The summed E-state index contributed by atoms with van der Waals surface area (Å²) in [4.78, 5) is 23.0. The number of nitrogens with zero attached hydrogens (tertiary/aromatic N) is 2. The summed E-state index contributed by atoms with van der Waals surface area (Å²) in [5.41, 5.74) is -0.861. The molecule has 0 aromatic heterocycles. The molecule has 0 heterocycles. The molecule has 0 radical (unpaired) electrons. The summed E-state index contributed by atoms with van der Waals surface area (Å²) in [5.74, 6) is -2.31. The van der Waals surface area contributed by atoms with E-state index in [1.807, 2.05) is 6.92 Å². The number of nitro groups is 1. The molecular formula is C13H17F2N3O3. The highest BCUT2D eigenvalue weighted by Gasteiger charge is 2.20. The lowest BCUT2D eigenvalue weighted by Gasteiger charge is -2.20. The number of nitro benzene ring substituents is 1. The number of likely N-dealkylation sites (N-methyl/N-ethyl adjacent to an activating group) is 1. The third-order valence-corrected chi connectivity index (χ3v) is 3.13. The minimum atomic E-state index is -1.23. The van der Waals surface area contributed by atoms with Crippen molar-refractivity contribution in [2.45, 2.75) is 26.4 Å². The Hall–Kier alpha value is -2.09. The van der Waals surface area contributed by atoms with Crippen LogP contribution in [0.5, 0.6) is 0 Å². The van der Waals surface area contributed by atoms with Crippen LogP contribution in [0.3, 0.4) is 0 Å². The van der Waals surface area contributed by atoms with E-state index in [4.69, 9.17) is 0 Å². The quantitative estimate of drug-likeness (QED) is 0.642. The first-order valence-electron chi connectivity index (χ1n) is 6.38. The standard InChI is InChI=1S/C13H17F2N3O3/c1-4-17(3)13(19)8(2)16-7-9-5-12(18(20)21)11(15)6-10(9)14/h5-6,8,16H,4,7H2,1-3H3. The minimum Gasteiger partial charge on any atom is -0.345 e. The van der Waals surface area contributed by atoms with Gasteiger partial charge >= 0.3 is 5.69 Å². The van der Waals surface area contributed by atoms with Gasteiger partial charge in [0.15, 0.2) is 0 Å². The van der Waals surface area contributed by atoms with Gasteiger partial charge in [-0.25, -0.2) is 4.39 Å². The molecule has 0 fully saturated rings. The molecule has 1 aromatic rings. The number of carbonyl (C=O) groups is 1. The van der Waals surface area contributed by atoms with Crippen molar-refractivity contribution in [3.63, 3.8) is 0 Å². The van der Waals surface area contributed by atoms with Crippen molar-refractivity contribution < 1.29 is 18.5 Å². The first kappa shape index (κ1) is 17.0. The lowest BCUT2D eigenvalue weighted by molar-refractivity contribution is -0.387. The summed E-state index contributed by atoms with van der Waals surface area (Å²) in [7, 11) is 1.63. The molecule has 8 heteroatoms. The van der Waals surface area contributed by atoms with Gasteiger partial charge in [0.1, 0.15) is 5.82 Å². The number of amides is 1. The molecule has 0 aliphatic rings. The molecule has 1 atom stereocenters. The van der Waals surface area contributed by atoms with Crippen LogP contribution in [0.1, 0.15) is 19.4 Å². The van der Waals surface area contributed by atoms with E-state index in [0.717, 1.165) is 6.07 Å². The number of nitrogens with one attached hydrogen (secondary N) is 1. The van der Waals surface area contributed by atoms with Crippen LogP contribution in [0.4, 0.5) is 14.5 Å². The Kier molecular flexibility index (Phi) is 5.71. The van der Waals surface area contributed by atoms with Gasteiger partial charge in [0, 0.05) is 37.8 Å². The van der Waals surface area contributed by atoms with Crippen LogP contribution in [0, 0.1) is 21.7 Å². The molecule has 0 aliphatic carbocycles. The Morgan fingerprint density at radius 2 is 2.05 bits per heavy atom. The van der Waals surface area contributed by atoms with Crippen LogP contribution in [-0.4, -0.2) is 35.4 Å². The predicted octanol–water partition coefficient (Wildman–Crippen LogP) is 1.83. The Balaban J connectivity index is 2.82. The molecule has 1 rings (SSSR count). The van der Waals surface area contributed by atoms with E-state index in [1.54, 1.807) is 14.0 Å². The summed E-state index contributed by atoms with van der Waals surface area (Å²) >= 11 is 0. The van der Waals surface area contributed by atoms with Gasteiger partial charge in [-0.15, -0.1) is 0 Å². The van der Waals surface area contributed by atoms with Gasteiger partial charge in [0.05, 0.1) is 11.0 Å². The fourth-order valence-electron chi connectivity index (χ4n) is 1.69. The summed E-state index contributed by atoms with van der Waals surface area (Å²) in [6.07, 6.45) is 0. The van der Waals surface area contributed by atoms with Crippen molar-refractivity contribution in [3.8, 4) is 0 Å². The van der Waals surface area contributed by atoms with E-state index in [9.17, 15) is 23.7 Å². The smallest absolute Gasteiger partial charge is 0.305 e. The number of carbonyl (C=O) groups excluding carboxylic acids is 1. The zero-order chi connectivity index (χ0) is 16.2. The lowest BCUT2D eigenvalue weighted by atomic mass is 10.1. The average Bonchev–Trinajstić information content (AvgIpc) is 2.43. The first-order chi connectivity index (χ1) is 9.77. The van der Waals surface area contributed by atoms with Crippen LogP contribution in [0.25, 0.3) is 0 Å². The van der Waals surface area contributed by atoms with Crippen molar-refractivity contribution in [2.75, 3.05) is 13.6 Å². The third-order valence-electron chi connectivity index (χ3n) is 3.13. The molecule has 6 nitrogen and oxygen atoms in total. The minimum absolute atomic E-state index is 0.0677. The van der Waals surface area contributed by atoms with Gasteiger partial charge < -0.3 is 10.2 Å². The average molecular weight is 301 g/mol. The van der Waals surface area contributed by atoms with Crippen LogP contribution >= 0.6 is 0 Å². The maximum atomic E-state index is 13.6. The van der Waals surface area contributed by atoms with Crippen LogP contribution in [-0.2, 0) is 11.3 Å². The van der Waals surface area contributed by atoms with Crippen LogP contribution in [0.15, 0.2) is 12.1 Å². The molecule has 0 bridgehead atoms. The zero-order valence-electron chi connectivity index (χ0n) is 12.0. The molecular weight excluding hydrogens is 284 g/mol. The maximum absolute atomic E-state index is 13.6. The van der Waals surface area contributed by atoms with E-state index >= 15 is 0 Å². The Labute approximate surface area is 120 Å². The molecule has 21 heavy (non-hydrogen) atoms. The van der Waals surface area contributed by atoms with Gasteiger partial charge in [0.25, 0.3) is 0 Å². The van der Waals surface area contributed by atoms with Gasteiger partial charge in [0.2, 0.25) is 11.7 Å². The predicted molar refractivity (Wildman–Crippen MR) is 72.6 cm³/mol. The second kappa shape index (κ2) is 7.07. The first-order valence-corrected chi connectivity index (χ1v) is 6.38. The Bertz CT molecular complexity index is 552. The van der Waals surface area contributed by atoms with E-state index in [2.05, 4.69) is 5.32 Å². The molecule has 0 saturated heterocycles. The molecule has 1 aromatic carbocycles. The molecule has 1 N–H and O–H groups in total. The SMILES string of the molecule is CCN(C)C(=O)C(C)NCc1cc([N+](=O)[O-])c(F)cc1F. The van der Waals surface area contributed by atoms with Crippen molar-refractivity contribution in [1.82, 2.24) is 10.2 Å². The molecule has 1 unspecified atom stereocenters. The summed E-state index contributed by atoms with van der Waals surface area (Å²) in [6, 6.07) is 0.719. The summed E-state index contributed by atoms with van der Waals surface area (Å²) in [6.45, 7) is 3.83. The molecule has 0 aliphatic heterocycles. The van der Waals surface area contributed by atoms with Gasteiger partial charge in [-0.3, -0.25) is 14.9 Å². The normalized spacial score (nSPS) is 12.0. The highest BCUT2D eigenvalue weighted by atomic mass is 19.1. The number of hydrogen-bond acceptors (Lipinski definition) is 4. The van der Waals surface area contributed by atoms with Crippen molar-refractivity contribution >= 4 is 11.6 Å². The fraction of sp³-hybridized carbons (Fsp3) is 0.462. The summed E-state index contributed by atoms with van der Waals surface area (Å²) < 4.78 is 26.8. The highest BCUT2D eigenvalue weighted by molar-refractivity contribution is 5.81. The summed E-state index contributed by atoms with van der Waals surface area (Å²) in [5, 5.41) is 13.4. The van der Waals surface area contributed by atoms with Gasteiger partial charge in [-0.05, 0) is 13.8 Å². The highest BCUT2D eigenvalue weighted by Crippen LogP contribution is 2.21. The van der Waals surface area contributed by atoms with E-state index in [0.29, 0.717) is 12.6 Å². The molecule has 116 valence electrons. The maximum Gasteiger partial charge on any atom is 0.305 e. The van der Waals surface area contributed by atoms with Crippen molar-refractivity contribution in [1.29, 1.82) is 0 Å². The second-order valence-corrected chi connectivity index (χ2v) is 4.61. The molecule has 1 amide bonds. The van der Waals surface area contributed by atoms with Gasteiger partial charge in [-0.1, -0.05) is 0 Å². The zero-order valence-corrected chi connectivity index (χ0v) is 12.0. The Morgan fingerprint density at radius 1 is 1.43 bits per heavy atom. The van der Waals surface area contributed by atoms with Gasteiger partial charge in [-0.2, -0.15) is 4.39 Å². The van der Waals surface area contributed by atoms with Crippen molar-refractivity contribution in [3.05, 3.63) is 39.4 Å². The number of halogens is 2. The van der Waals surface area contributed by atoms with Crippen molar-refractivity contribution in [2.24, 2.45) is 0 Å². The monoisotopic (exact) mass is 301 g/mol. The van der Waals surface area contributed by atoms with E-state index < -0.39 is 28.3 Å². The number of hydrogen-bond donors (Lipinski definition) is 1. The van der Waals surface area contributed by atoms with Crippen LogP contribution < -0.4 is 5.32 Å². The van der Waals surface area contributed by atoms with E-state index in [1.165, 1.54) is 4.90 Å². The third kappa shape index (κ3) is 4.19. The fourth-order valence-corrected chi connectivity index (χ4v) is 1.69. The van der Waals surface area contributed by atoms with Crippen LogP contribution in [0.2, 0.25) is 0 Å². The molecule has 0 saturated carbocycles. The van der Waals surface area contributed by atoms with E-state index in [-0.39, 0.29) is 18.0 Å². The Morgan fingerprint density at radius 3 is 2.57 bits per heavy atom. The number of rotatable bonds is 6.